The Kier molecular flexibility index (Phi) is 14.9. The van der Waals surface area contributed by atoms with Crippen molar-refractivity contribution in [2.45, 2.75) is 169 Å². The number of nitrogens with zero attached hydrogens (tertiary/aromatic N) is 4. The van der Waals surface area contributed by atoms with E-state index in [1.165, 1.54) is 44.5 Å². The molecule has 6 heteroatoms. The van der Waals surface area contributed by atoms with Gasteiger partial charge in [-0.3, -0.25) is 0 Å². The SMILES string of the molecule is CC(C)(C)c1cc(Oc2[c-]c3c(cc2)c2cc(C(C)(C)c4ccccc4)ccc2n3-c2cc(C(C)(C)C)ccn2)[c-]c(N2[CH-]N(c3cc(C(C)(C)C)cc(C(C)(C)c4ccccc4)c3)c3cc(C(C)(C)C)c(C(C)(C)C)cc32)c1.[Pt]. The molecule has 0 spiro atoms. The Morgan fingerprint density at radius 3 is 1.51 bits per heavy atom. The van der Waals surface area contributed by atoms with Gasteiger partial charge >= 0.3 is 0 Å². The van der Waals surface area contributed by atoms with Crippen LogP contribution in [0.15, 0.2) is 152 Å². The largest absolute Gasteiger partial charge is 0.509 e. The predicted octanol–water partition coefficient (Wildman–Crippen LogP) is 20.1. The number of aromatic nitrogens is 2. The molecule has 0 aliphatic carbocycles. The van der Waals surface area contributed by atoms with Crippen molar-refractivity contribution in [3.05, 3.63) is 221 Å². The Bertz CT molecular complexity index is 3750. The first-order valence-corrected chi connectivity index (χ1v) is 28.4. The van der Waals surface area contributed by atoms with Gasteiger partial charge in [-0.1, -0.05) is 216 Å². The van der Waals surface area contributed by atoms with Crippen LogP contribution in [-0.2, 0) is 59.0 Å². The van der Waals surface area contributed by atoms with Crippen LogP contribution in [0.25, 0.3) is 27.6 Å². The molecule has 418 valence electrons. The molecule has 1 aliphatic heterocycles. The number of hydrogen-bond donors (Lipinski definition) is 0. The topological polar surface area (TPSA) is 33.5 Å². The minimum Gasteiger partial charge on any atom is -0.509 e. The molecule has 7 aromatic carbocycles. The van der Waals surface area contributed by atoms with E-state index < -0.39 is 0 Å². The zero-order chi connectivity index (χ0) is 57.0. The van der Waals surface area contributed by atoms with Gasteiger partial charge in [-0.05, 0) is 119 Å². The third kappa shape index (κ3) is 11.1. The fourth-order valence-corrected chi connectivity index (χ4v) is 11.3. The summed E-state index contributed by atoms with van der Waals surface area (Å²) in [5.74, 6) is 2.07. The molecule has 2 aromatic heterocycles. The zero-order valence-corrected chi connectivity index (χ0v) is 53.3. The number of fused-ring (bicyclic) bond motifs is 4. The second-order valence-electron chi connectivity index (χ2n) is 28.5. The van der Waals surface area contributed by atoms with Gasteiger partial charge in [0, 0.05) is 72.2 Å². The smallest absolute Gasteiger partial charge is 0.135 e. The number of hydrogen-bond acceptors (Lipinski definition) is 4. The first kappa shape index (κ1) is 58.2. The number of benzene rings is 7. The Labute approximate surface area is 494 Å². The maximum atomic E-state index is 7.11. The zero-order valence-electron chi connectivity index (χ0n) is 51.0. The van der Waals surface area contributed by atoms with E-state index in [9.17, 15) is 0 Å². The monoisotopic (exact) mass is 1240 g/mol. The summed E-state index contributed by atoms with van der Waals surface area (Å²) in [6.45, 7) is 46.2. The first-order valence-electron chi connectivity index (χ1n) is 28.4. The van der Waals surface area contributed by atoms with Crippen LogP contribution in [0.5, 0.6) is 11.5 Å². The van der Waals surface area contributed by atoms with Crippen LogP contribution in [0.2, 0.25) is 0 Å². The quantitative estimate of drug-likeness (QED) is 0.135. The van der Waals surface area contributed by atoms with E-state index in [4.69, 9.17) is 9.72 Å². The molecule has 0 saturated carbocycles. The molecule has 3 heterocycles. The number of anilines is 4. The summed E-state index contributed by atoms with van der Waals surface area (Å²) in [6, 6.07) is 61.5. The van der Waals surface area contributed by atoms with Gasteiger partial charge in [0.2, 0.25) is 0 Å². The van der Waals surface area contributed by atoms with Crippen molar-refractivity contribution < 1.29 is 25.8 Å². The van der Waals surface area contributed by atoms with Gasteiger partial charge in [-0.15, -0.1) is 53.6 Å². The summed E-state index contributed by atoms with van der Waals surface area (Å²) < 4.78 is 9.37. The Morgan fingerprint density at radius 2 is 0.950 bits per heavy atom. The molecule has 0 bridgehead atoms. The summed E-state index contributed by atoms with van der Waals surface area (Å²) in [5.41, 5.74) is 16.5. The molecule has 0 saturated heterocycles. The standard InChI is InChI=1S/C74H83N4O.Pt/c1-68(2,3)50-34-35-75-67(42-50)78-63-33-30-51(73(16,17)48-26-22-20-23-27-48)41-60(63)59-32-31-57(44-64(59)78)79-58-40-53(70(7,8)9)38-56(43-58)77-47-76(65-45-61(71(10,11)12)62(46-66(65)77)72(13,14)15)55-37-52(69(4,5)6)36-54(39-55)74(18,19)49-28-24-21-25-29-49;/h20-42,45-47H,1-19H3;/q-3;. The molecule has 9 aromatic rings. The number of rotatable bonds is 9. The molecular weight excluding hydrogens is 1160 g/mol. The van der Waals surface area contributed by atoms with Crippen LogP contribution in [0.3, 0.4) is 0 Å². The van der Waals surface area contributed by atoms with Gasteiger partial charge in [0.05, 0.1) is 0 Å². The van der Waals surface area contributed by atoms with Gasteiger partial charge in [-0.25, -0.2) is 4.98 Å². The molecule has 1 aliphatic rings. The van der Waals surface area contributed by atoms with Gasteiger partial charge < -0.3 is 19.1 Å². The molecule has 0 fully saturated rings. The molecule has 5 nitrogen and oxygen atoms in total. The third-order valence-electron chi connectivity index (χ3n) is 16.6. The van der Waals surface area contributed by atoms with Crippen molar-refractivity contribution in [2.75, 3.05) is 9.80 Å². The third-order valence-corrected chi connectivity index (χ3v) is 16.6. The van der Waals surface area contributed by atoms with Gasteiger partial charge in [0.1, 0.15) is 5.82 Å². The van der Waals surface area contributed by atoms with Crippen molar-refractivity contribution in [3.63, 3.8) is 0 Å². The van der Waals surface area contributed by atoms with E-state index in [-0.39, 0.29) is 59.0 Å². The Balaban J connectivity index is 0.00000774. The second-order valence-corrected chi connectivity index (χ2v) is 28.5. The summed E-state index contributed by atoms with van der Waals surface area (Å²) >= 11 is 0. The van der Waals surface area contributed by atoms with Crippen LogP contribution < -0.4 is 14.5 Å². The van der Waals surface area contributed by atoms with E-state index in [0.717, 1.165) is 55.9 Å². The summed E-state index contributed by atoms with van der Waals surface area (Å²) in [5, 5.41) is 2.23. The normalized spacial score (nSPS) is 13.7. The Hall–Kier alpha value is -6.42. The van der Waals surface area contributed by atoms with Gasteiger partial charge in [0.25, 0.3) is 0 Å². The van der Waals surface area contributed by atoms with E-state index in [2.05, 4.69) is 310 Å². The minimum atomic E-state index is -0.253. The molecule has 0 atom stereocenters. The molecule has 0 radical (unpaired) electrons. The van der Waals surface area contributed by atoms with Crippen molar-refractivity contribution >= 4 is 44.6 Å². The van der Waals surface area contributed by atoms with E-state index in [1.807, 2.05) is 6.20 Å². The van der Waals surface area contributed by atoms with E-state index >= 15 is 0 Å². The fourth-order valence-electron chi connectivity index (χ4n) is 11.3. The molecular formula is C74H83N4OPt-3. The summed E-state index contributed by atoms with van der Waals surface area (Å²) in [7, 11) is 0. The number of pyridine rings is 1. The van der Waals surface area contributed by atoms with Gasteiger partial charge in [-0.2, -0.15) is 6.07 Å². The minimum absolute atomic E-state index is 0. The summed E-state index contributed by atoms with van der Waals surface area (Å²) in [4.78, 5) is 9.81. The predicted molar refractivity (Wildman–Crippen MR) is 335 cm³/mol. The maximum Gasteiger partial charge on any atom is 0.135 e. The van der Waals surface area contributed by atoms with Crippen LogP contribution >= 0.6 is 0 Å². The van der Waals surface area contributed by atoms with E-state index in [0.29, 0.717) is 11.5 Å². The average molecular weight is 1240 g/mol. The summed E-state index contributed by atoms with van der Waals surface area (Å²) in [6.07, 6.45) is 1.93. The number of ether oxygens (including phenoxy) is 1. The molecule has 0 unspecified atom stereocenters. The van der Waals surface area contributed by atoms with Crippen molar-refractivity contribution in [3.8, 4) is 17.3 Å². The van der Waals surface area contributed by atoms with Crippen molar-refractivity contribution in [1.82, 2.24) is 9.55 Å². The molecule has 10 rings (SSSR count). The van der Waals surface area contributed by atoms with Crippen LogP contribution in [-0.4, -0.2) is 9.55 Å². The molecule has 0 amide bonds. The maximum absolute atomic E-state index is 7.11. The van der Waals surface area contributed by atoms with E-state index in [1.54, 1.807) is 0 Å². The van der Waals surface area contributed by atoms with Crippen LogP contribution in [0.4, 0.5) is 22.7 Å². The van der Waals surface area contributed by atoms with Crippen molar-refractivity contribution in [1.29, 1.82) is 0 Å². The fraction of sp³-hybridized carbons (Fsp3) is 0.351. The first-order chi connectivity index (χ1) is 36.8. The van der Waals surface area contributed by atoms with Crippen LogP contribution in [0, 0.1) is 18.8 Å². The Morgan fingerprint density at radius 1 is 0.412 bits per heavy atom. The van der Waals surface area contributed by atoms with Crippen molar-refractivity contribution in [2.24, 2.45) is 0 Å². The van der Waals surface area contributed by atoms with Crippen LogP contribution in [0.1, 0.15) is 182 Å². The molecule has 0 N–H and O–H groups in total. The average Bonchev–Trinajstić information content (AvgIpc) is 4.14. The molecule has 80 heavy (non-hydrogen) atoms. The van der Waals surface area contributed by atoms with Gasteiger partial charge in [0.15, 0.2) is 0 Å². The second kappa shape index (κ2) is 20.5.